The number of nitrogens with one attached hydrogen (secondary N) is 1. The summed E-state index contributed by atoms with van der Waals surface area (Å²) in [5, 5.41) is 15.0. The predicted octanol–water partition coefficient (Wildman–Crippen LogP) is 5.17. The number of anilines is 1. The summed E-state index contributed by atoms with van der Waals surface area (Å²) in [5.74, 6) is 0. The molecular weight excluding hydrogens is 323 g/mol. The number of halogens is 3. The highest BCUT2D eigenvalue weighted by molar-refractivity contribution is 6.44. The number of hydrogen-bond acceptors (Lipinski definition) is 3. The van der Waals surface area contributed by atoms with Gasteiger partial charge in [0.25, 0.3) is 5.69 Å². The lowest BCUT2D eigenvalue weighted by Crippen LogP contribution is -2.03. The van der Waals surface area contributed by atoms with Gasteiger partial charge in [-0.2, -0.15) is 0 Å². The zero-order valence-corrected chi connectivity index (χ0v) is 12.3. The van der Waals surface area contributed by atoms with Gasteiger partial charge in [-0.15, -0.1) is 0 Å². The van der Waals surface area contributed by atoms with Crippen molar-refractivity contribution in [3.8, 4) is 0 Å². The SMILES string of the molecule is O=[N+]([O-])c1ccccc1CNc1cc(Cl)c(Cl)cc1Cl. The van der Waals surface area contributed by atoms with Crippen LogP contribution in [0.25, 0.3) is 0 Å². The lowest BCUT2D eigenvalue weighted by atomic mass is 10.2. The molecule has 0 aliphatic rings. The van der Waals surface area contributed by atoms with Gasteiger partial charge in [-0.1, -0.05) is 53.0 Å². The number of para-hydroxylation sites is 1. The maximum absolute atomic E-state index is 10.9. The number of rotatable bonds is 4. The fraction of sp³-hybridized carbons (Fsp3) is 0.0769. The number of hydrogen-bond donors (Lipinski definition) is 1. The second-order valence-corrected chi connectivity index (χ2v) is 5.21. The van der Waals surface area contributed by atoms with E-state index in [1.165, 1.54) is 12.1 Å². The minimum atomic E-state index is -0.423. The van der Waals surface area contributed by atoms with E-state index in [1.54, 1.807) is 24.3 Å². The van der Waals surface area contributed by atoms with Gasteiger partial charge in [-0.3, -0.25) is 10.1 Å². The van der Waals surface area contributed by atoms with Crippen LogP contribution in [-0.4, -0.2) is 4.92 Å². The van der Waals surface area contributed by atoms with Crippen LogP contribution in [0.5, 0.6) is 0 Å². The molecule has 1 N–H and O–H groups in total. The first-order chi connectivity index (χ1) is 9.49. The Balaban J connectivity index is 2.21. The normalized spacial score (nSPS) is 10.3. The highest BCUT2D eigenvalue weighted by Gasteiger charge is 2.13. The molecule has 0 aliphatic heterocycles. The first-order valence-corrected chi connectivity index (χ1v) is 6.73. The molecule has 0 bridgehead atoms. The summed E-state index contributed by atoms with van der Waals surface area (Å²) in [6.45, 7) is 0.259. The Morgan fingerprint density at radius 2 is 1.70 bits per heavy atom. The second kappa shape index (κ2) is 6.31. The van der Waals surface area contributed by atoms with Gasteiger partial charge in [-0.25, -0.2) is 0 Å². The lowest BCUT2D eigenvalue weighted by Gasteiger charge is -2.10. The molecule has 0 radical (unpaired) electrons. The van der Waals surface area contributed by atoms with E-state index in [-0.39, 0.29) is 12.2 Å². The molecule has 0 saturated heterocycles. The van der Waals surface area contributed by atoms with Crippen LogP contribution >= 0.6 is 34.8 Å². The Hall–Kier alpha value is -1.49. The maximum atomic E-state index is 10.9. The van der Waals surface area contributed by atoms with Gasteiger partial charge in [0.15, 0.2) is 0 Å². The van der Waals surface area contributed by atoms with Crippen molar-refractivity contribution >= 4 is 46.2 Å². The minimum Gasteiger partial charge on any atom is -0.379 e. The zero-order valence-electron chi connectivity index (χ0n) is 10.1. The van der Waals surface area contributed by atoms with Crippen LogP contribution in [0.1, 0.15) is 5.56 Å². The summed E-state index contributed by atoms with van der Waals surface area (Å²) in [6, 6.07) is 9.59. The summed E-state index contributed by atoms with van der Waals surface area (Å²) in [4.78, 5) is 10.5. The number of benzene rings is 2. The molecule has 0 amide bonds. The van der Waals surface area contributed by atoms with Crippen molar-refractivity contribution in [2.75, 3.05) is 5.32 Å². The molecule has 20 heavy (non-hydrogen) atoms. The molecule has 2 aromatic carbocycles. The van der Waals surface area contributed by atoms with E-state index in [0.717, 1.165) is 0 Å². The van der Waals surface area contributed by atoms with Gasteiger partial charge >= 0.3 is 0 Å². The van der Waals surface area contributed by atoms with Gasteiger partial charge in [0, 0.05) is 18.2 Å². The topological polar surface area (TPSA) is 55.2 Å². The molecule has 4 nitrogen and oxygen atoms in total. The molecule has 0 aliphatic carbocycles. The number of nitrogens with zero attached hydrogens (tertiary/aromatic N) is 1. The Bertz CT molecular complexity index is 662. The molecule has 0 saturated carbocycles. The van der Waals surface area contributed by atoms with Crippen molar-refractivity contribution in [2.24, 2.45) is 0 Å². The van der Waals surface area contributed by atoms with Crippen molar-refractivity contribution in [2.45, 2.75) is 6.54 Å². The van der Waals surface area contributed by atoms with Crippen LogP contribution in [0.15, 0.2) is 36.4 Å². The monoisotopic (exact) mass is 330 g/mol. The molecular formula is C13H9Cl3N2O2. The average Bonchev–Trinajstić information content (AvgIpc) is 2.41. The summed E-state index contributed by atoms with van der Waals surface area (Å²) in [6.07, 6.45) is 0. The molecule has 2 aromatic rings. The van der Waals surface area contributed by atoms with Crippen LogP contribution in [0.4, 0.5) is 11.4 Å². The van der Waals surface area contributed by atoms with Gasteiger partial charge in [-0.05, 0) is 12.1 Å². The number of nitro benzene ring substituents is 1. The third-order valence-electron chi connectivity index (χ3n) is 2.67. The highest BCUT2D eigenvalue weighted by Crippen LogP contribution is 2.32. The Labute approximate surface area is 130 Å². The van der Waals surface area contributed by atoms with E-state index in [0.29, 0.717) is 26.3 Å². The van der Waals surface area contributed by atoms with Crippen LogP contribution in [0.2, 0.25) is 15.1 Å². The molecule has 0 heterocycles. The fourth-order valence-corrected chi connectivity index (χ4v) is 2.30. The standard InChI is InChI=1S/C13H9Cl3N2O2/c14-9-5-11(16)12(6-10(9)15)17-7-8-3-1-2-4-13(8)18(19)20/h1-6,17H,7H2. The molecule has 0 atom stereocenters. The minimum absolute atomic E-state index is 0.0520. The van der Waals surface area contributed by atoms with Crippen molar-refractivity contribution < 1.29 is 4.92 Å². The Morgan fingerprint density at radius 1 is 1.05 bits per heavy atom. The molecule has 2 rings (SSSR count). The first kappa shape index (κ1) is 14.9. The van der Waals surface area contributed by atoms with E-state index < -0.39 is 4.92 Å². The largest absolute Gasteiger partial charge is 0.379 e. The van der Waals surface area contributed by atoms with Crippen molar-refractivity contribution in [3.63, 3.8) is 0 Å². The van der Waals surface area contributed by atoms with Crippen molar-refractivity contribution in [1.82, 2.24) is 0 Å². The molecule has 7 heteroatoms. The highest BCUT2D eigenvalue weighted by atomic mass is 35.5. The summed E-state index contributed by atoms with van der Waals surface area (Å²) >= 11 is 17.8. The van der Waals surface area contributed by atoms with Gasteiger partial charge in [0.2, 0.25) is 0 Å². The number of nitro groups is 1. The molecule has 104 valence electrons. The second-order valence-electron chi connectivity index (χ2n) is 3.99. The average molecular weight is 332 g/mol. The van der Waals surface area contributed by atoms with E-state index in [2.05, 4.69) is 5.32 Å². The van der Waals surface area contributed by atoms with Crippen molar-refractivity contribution in [1.29, 1.82) is 0 Å². The summed E-state index contributed by atoms with van der Waals surface area (Å²) < 4.78 is 0. The van der Waals surface area contributed by atoms with Crippen molar-refractivity contribution in [3.05, 3.63) is 67.1 Å². The maximum Gasteiger partial charge on any atom is 0.274 e. The van der Waals surface area contributed by atoms with E-state index in [1.807, 2.05) is 0 Å². The summed E-state index contributed by atoms with van der Waals surface area (Å²) in [7, 11) is 0. The molecule has 0 fully saturated rings. The molecule has 0 aromatic heterocycles. The van der Waals surface area contributed by atoms with Gasteiger partial charge in [0.05, 0.1) is 25.7 Å². The summed E-state index contributed by atoms with van der Waals surface area (Å²) in [5.41, 5.74) is 1.18. The smallest absolute Gasteiger partial charge is 0.274 e. The Kier molecular flexibility index (Phi) is 4.70. The molecule has 0 spiro atoms. The van der Waals surface area contributed by atoms with E-state index >= 15 is 0 Å². The first-order valence-electron chi connectivity index (χ1n) is 5.59. The Morgan fingerprint density at radius 3 is 2.40 bits per heavy atom. The predicted molar refractivity (Wildman–Crippen MR) is 81.9 cm³/mol. The van der Waals surface area contributed by atoms with E-state index in [9.17, 15) is 10.1 Å². The molecule has 0 unspecified atom stereocenters. The van der Waals surface area contributed by atoms with Crippen LogP contribution in [-0.2, 0) is 6.54 Å². The zero-order chi connectivity index (χ0) is 14.7. The van der Waals surface area contributed by atoms with E-state index in [4.69, 9.17) is 34.8 Å². The third kappa shape index (κ3) is 3.33. The lowest BCUT2D eigenvalue weighted by molar-refractivity contribution is -0.385. The quantitative estimate of drug-likeness (QED) is 0.478. The van der Waals surface area contributed by atoms with Crippen LogP contribution < -0.4 is 5.32 Å². The third-order valence-corrected chi connectivity index (χ3v) is 3.70. The van der Waals surface area contributed by atoms with Crippen LogP contribution in [0, 0.1) is 10.1 Å². The van der Waals surface area contributed by atoms with Gasteiger partial charge < -0.3 is 5.32 Å². The van der Waals surface area contributed by atoms with Gasteiger partial charge in [0.1, 0.15) is 0 Å². The fourth-order valence-electron chi connectivity index (χ4n) is 1.69. The van der Waals surface area contributed by atoms with Crippen LogP contribution in [0.3, 0.4) is 0 Å².